The normalized spacial score (nSPS) is 17.7. The maximum absolute atomic E-state index is 6.00. The quantitative estimate of drug-likeness (QED) is 0.829. The van der Waals surface area contributed by atoms with E-state index in [-0.39, 0.29) is 6.04 Å². The molecule has 1 aromatic rings. The highest BCUT2D eigenvalue weighted by Crippen LogP contribution is 2.32. The van der Waals surface area contributed by atoms with Crippen LogP contribution in [0.1, 0.15) is 58.1 Å². The summed E-state index contributed by atoms with van der Waals surface area (Å²) in [5, 5.41) is 0. The van der Waals surface area contributed by atoms with Crippen LogP contribution in [0.15, 0.2) is 22.7 Å². The third-order valence-electron chi connectivity index (χ3n) is 4.13. The molecule has 1 atom stereocenters. The Morgan fingerprint density at radius 1 is 1.25 bits per heavy atom. The van der Waals surface area contributed by atoms with Gasteiger partial charge in [-0.1, -0.05) is 48.7 Å². The van der Waals surface area contributed by atoms with Gasteiger partial charge in [0.2, 0.25) is 0 Å². The Balaban J connectivity index is 2.25. The highest BCUT2D eigenvalue weighted by atomic mass is 79.9. The second-order valence-corrected chi connectivity index (χ2v) is 7.33. The van der Waals surface area contributed by atoms with Crippen LogP contribution in [0.5, 0.6) is 0 Å². The Morgan fingerprint density at radius 3 is 2.40 bits per heavy atom. The predicted molar refractivity (Wildman–Crippen MR) is 91.2 cm³/mol. The maximum atomic E-state index is 6.00. The van der Waals surface area contributed by atoms with E-state index in [1.807, 2.05) is 6.92 Å². The van der Waals surface area contributed by atoms with Crippen LogP contribution in [0.2, 0.25) is 0 Å². The van der Waals surface area contributed by atoms with Crippen LogP contribution >= 0.6 is 15.9 Å². The van der Waals surface area contributed by atoms with E-state index in [0.717, 1.165) is 11.0 Å². The van der Waals surface area contributed by atoms with Crippen molar-refractivity contribution in [2.75, 3.05) is 11.4 Å². The minimum absolute atomic E-state index is 0.0726. The van der Waals surface area contributed by atoms with E-state index in [1.54, 1.807) is 0 Å². The molecule has 1 saturated carbocycles. The molecule has 1 aliphatic rings. The van der Waals surface area contributed by atoms with Gasteiger partial charge in [0, 0.05) is 28.8 Å². The van der Waals surface area contributed by atoms with Crippen LogP contribution in [0.25, 0.3) is 0 Å². The molecule has 20 heavy (non-hydrogen) atoms. The van der Waals surface area contributed by atoms with E-state index in [9.17, 15) is 0 Å². The zero-order chi connectivity index (χ0) is 14.7. The lowest BCUT2D eigenvalue weighted by Crippen LogP contribution is -2.36. The van der Waals surface area contributed by atoms with Crippen LogP contribution < -0.4 is 10.6 Å². The zero-order valence-corrected chi connectivity index (χ0v) is 14.5. The third kappa shape index (κ3) is 3.76. The molecule has 1 fully saturated rings. The summed E-state index contributed by atoms with van der Waals surface area (Å²) in [6, 6.07) is 7.45. The lowest BCUT2D eigenvalue weighted by molar-refractivity contribution is 0.535. The van der Waals surface area contributed by atoms with Gasteiger partial charge in [0.1, 0.15) is 0 Å². The summed E-state index contributed by atoms with van der Waals surface area (Å²) < 4.78 is 1.14. The van der Waals surface area contributed by atoms with E-state index in [4.69, 9.17) is 5.73 Å². The molecule has 3 heteroatoms. The Labute approximate surface area is 131 Å². The molecule has 0 heterocycles. The summed E-state index contributed by atoms with van der Waals surface area (Å²) in [5.41, 5.74) is 8.52. The first-order chi connectivity index (χ1) is 9.49. The van der Waals surface area contributed by atoms with Gasteiger partial charge in [-0.05, 0) is 43.4 Å². The lowest BCUT2D eigenvalue weighted by Gasteiger charge is -2.33. The predicted octanol–water partition coefficient (Wildman–Crippen LogP) is 4.87. The Morgan fingerprint density at radius 2 is 1.90 bits per heavy atom. The highest BCUT2D eigenvalue weighted by molar-refractivity contribution is 9.10. The average Bonchev–Trinajstić information content (AvgIpc) is 2.88. The number of benzene rings is 1. The van der Waals surface area contributed by atoms with Crippen molar-refractivity contribution in [2.24, 2.45) is 11.7 Å². The van der Waals surface area contributed by atoms with Crippen molar-refractivity contribution < 1.29 is 0 Å². The fraction of sp³-hybridized carbons (Fsp3) is 0.647. The van der Waals surface area contributed by atoms with Crippen molar-refractivity contribution in [1.82, 2.24) is 0 Å². The van der Waals surface area contributed by atoms with Gasteiger partial charge in [0.05, 0.1) is 0 Å². The maximum Gasteiger partial charge on any atom is 0.0380 e. The molecule has 0 bridgehead atoms. The minimum atomic E-state index is 0.0726. The zero-order valence-electron chi connectivity index (χ0n) is 12.9. The second kappa shape index (κ2) is 6.95. The number of anilines is 1. The summed E-state index contributed by atoms with van der Waals surface area (Å²) >= 11 is 3.68. The molecule has 0 aromatic heterocycles. The number of nitrogens with zero attached hydrogens (tertiary/aromatic N) is 1. The number of rotatable bonds is 5. The third-order valence-corrected chi connectivity index (χ3v) is 4.82. The van der Waals surface area contributed by atoms with Gasteiger partial charge in [0.15, 0.2) is 0 Å². The van der Waals surface area contributed by atoms with Crippen molar-refractivity contribution in [3.63, 3.8) is 0 Å². The molecule has 1 aromatic carbocycles. The molecular formula is C17H27BrN2. The smallest absolute Gasteiger partial charge is 0.0380 e. The largest absolute Gasteiger partial charge is 0.368 e. The van der Waals surface area contributed by atoms with Crippen molar-refractivity contribution in [3.05, 3.63) is 28.2 Å². The summed E-state index contributed by atoms with van der Waals surface area (Å²) in [7, 11) is 0. The number of halogens is 1. The first kappa shape index (κ1) is 15.8. The molecule has 2 nitrogen and oxygen atoms in total. The molecule has 0 aliphatic heterocycles. The summed E-state index contributed by atoms with van der Waals surface area (Å²) in [6.07, 6.45) is 5.41. The Hall–Kier alpha value is -0.540. The average molecular weight is 339 g/mol. The van der Waals surface area contributed by atoms with Crippen molar-refractivity contribution in [1.29, 1.82) is 0 Å². The Kier molecular flexibility index (Phi) is 5.50. The van der Waals surface area contributed by atoms with Crippen LogP contribution in [0.4, 0.5) is 5.69 Å². The molecule has 112 valence electrons. The van der Waals surface area contributed by atoms with Gasteiger partial charge in [-0.15, -0.1) is 0 Å². The van der Waals surface area contributed by atoms with Crippen LogP contribution in [-0.2, 0) is 0 Å². The Bertz CT molecular complexity index is 437. The molecular weight excluding hydrogens is 312 g/mol. The van der Waals surface area contributed by atoms with Gasteiger partial charge < -0.3 is 10.6 Å². The SMILES string of the molecule is CC(C)CN(c1ccc(C(C)N)c(Br)c1)C1CCCC1. The summed E-state index contributed by atoms with van der Waals surface area (Å²) in [4.78, 5) is 2.60. The van der Waals surface area contributed by atoms with Gasteiger partial charge >= 0.3 is 0 Å². The number of hydrogen-bond acceptors (Lipinski definition) is 2. The molecule has 0 amide bonds. The fourth-order valence-corrected chi connectivity index (χ4v) is 3.87. The summed E-state index contributed by atoms with van der Waals surface area (Å²) in [5.74, 6) is 0.683. The first-order valence-electron chi connectivity index (χ1n) is 7.80. The summed E-state index contributed by atoms with van der Waals surface area (Å²) in [6.45, 7) is 7.76. The molecule has 2 N–H and O–H groups in total. The van der Waals surface area contributed by atoms with Gasteiger partial charge in [-0.3, -0.25) is 0 Å². The van der Waals surface area contributed by atoms with Crippen molar-refractivity contribution in [2.45, 2.75) is 58.5 Å². The van der Waals surface area contributed by atoms with Crippen LogP contribution in [-0.4, -0.2) is 12.6 Å². The first-order valence-corrected chi connectivity index (χ1v) is 8.60. The molecule has 2 rings (SSSR count). The standard InChI is InChI=1S/C17H27BrN2/c1-12(2)11-20(14-6-4-5-7-14)15-8-9-16(13(3)19)17(18)10-15/h8-10,12-14H,4-7,11,19H2,1-3H3. The van der Waals surface area contributed by atoms with Crippen molar-refractivity contribution in [3.8, 4) is 0 Å². The van der Waals surface area contributed by atoms with E-state index < -0.39 is 0 Å². The van der Waals surface area contributed by atoms with Crippen LogP contribution in [0, 0.1) is 5.92 Å². The molecule has 0 radical (unpaired) electrons. The monoisotopic (exact) mass is 338 g/mol. The van der Waals surface area contributed by atoms with Gasteiger partial charge in [-0.2, -0.15) is 0 Å². The topological polar surface area (TPSA) is 29.3 Å². The van der Waals surface area contributed by atoms with Gasteiger partial charge in [0.25, 0.3) is 0 Å². The molecule has 1 aliphatic carbocycles. The second-order valence-electron chi connectivity index (χ2n) is 6.48. The van der Waals surface area contributed by atoms with E-state index in [2.05, 4.69) is 52.9 Å². The molecule has 0 spiro atoms. The number of nitrogens with two attached hydrogens (primary N) is 1. The van der Waals surface area contributed by atoms with E-state index in [0.29, 0.717) is 12.0 Å². The fourth-order valence-electron chi connectivity index (χ4n) is 3.14. The van der Waals surface area contributed by atoms with Crippen LogP contribution in [0.3, 0.4) is 0 Å². The minimum Gasteiger partial charge on any atom is -0.368 e. The molecule has 1 unspecified atom stereocenters. The lowest BCUT2D eigenvalue weighted by atomic mass is 10.1. The van der Waals surface area contributed by atoms with Gasteiger partial charge in [-0.25, -0.2) is 0 Å². The van der Waals surface area contributed by atoms with Crippen molar-refractivity contribution >= 4 is 21.6 Å². The van der Waals surface area contributed by atoms with E-state index >= 15 is 0 Å². The molecule has 0 saturated heterocycles. The van der Waals surface area contributed by atoms with E-state index in [1.165, 1.54) is 36.9 Å². The highest BCUT2D eigenvalue weighted by Gasteiger charge is 2.24. The number of hydrogen-bond donors (Lipinski definition) is 1.